The minimum Gasteiger partial charge on any atom is -0.361 e. The SMILES string of the molecule is Cc1noc(C)c1CNC(=O)c1csc(CCN)n1.Cl. The first-order valence-electron chi connectivity index (χ1n) is 5.96. The molecule has 0 fully saturated rings. The molecule has 1 amide bonds. The molecule has 0 aliphatic heterocycles. The van der Waals surface area contributed by atoms with Gasteiger partial charge in [-0.05, 0) is 20.4 Å². The number of thiazole rings is 1. The lowest BCUT2D eigenvalue weighted by Gasteiger charge is -2.02. The number of carbonyl (C=O) groups is 1. The molecule has 0 unspecified atom stereocenters. The van der Waals surface area contributed by atoms with Gasteiger partial charge in [0.15, 0.2) is 0 Å². The summed E-state index contributed by atoms with van der Waals surface area (Å²) >= 11 is 1.45. The van der Waals surface area contributed by atoms with Gasteiger partial charge in [-0.15, -0.1) is 23.7 Å². The molecule has 0 saturated carbocycles. The molecular formula is C12H17ClN4O2S. The van der Waals surface area contributed by atoms with Crippen LogP contribution >= 0.6 is 23.7 Å². The summed E-state index contributed by atoms with van der Waals surface area (Å²) < 4.78 is 5.04. The maximum atomic E-state index is 11.9. The Morgan fingerprint density at radius 1 is 1.50 bits per heavy atom. The second kappa shape index (κ2) is 7.37. The van der Waals surface area contributed by atoms with Crippen LogP contribution in [-0.4, -0.2) is 22.6 Å². The minimum absolute atomic E-state index is 0. The molecule has 0 aliphatic carbocycles. The van der Waals surface area contributed by atoms with Gasteiger partial charge in [0.1, 0.15) is 11.5 Å². The van der Waals surface area contributed by atoms with E-state index in [2.05, 4.69) is 15.5 Å². The summed E-state index contributed by atoms with van der Waals surface area (Å²) in [6, 6.07) is 0. The number of hydrogen-bond donors (Lipinski definition) is 2. The zero-order chi connectivity index (χ0) is 13.8. The standard InChI is InChI=1S/C12H16N4O2S.ClH/c1-7-9(8(2)18-16-7)5-14-12(17)10-6-19-11(15-10)3-4-13;/h6H,3-5,13H2,1-2H3,(H,14,17);1H. The minimum atomic E-state index is -0.195. The van der Waals surface area contributed by atoms with Gasteiger partial charge in [-0.3, -0.25) is 4.79 Å². The van der Waals surface area contributed by atoms with E-state index in [1.807, 2.05) is 13.8 Å². The van der Waals surface area contributed by atoms with Crippen LogP contribution in [0.4, 0.5) is 0 Å². The molecule has 0 atom stereocenters. The molecular weight excluding hydrogens is 300 g/mol. The molecule has 3 N–H and O–H groups in total. The summed E-state index contributed by atoms with van der Waals surface area (Å²) in [5.74, 6) is 0.527. The quantitative estimate of drug-likeness (QED) is 0.873. The number of aryl methyl sites for hydroxylation is 2. The normalized spacial score (nSPS) is 10.2. The Kier molecular flexibility index (Phi) is 6.12. The van der Waals surface area contributed by atoms with Crippen LogP contribution in [0.2, 0.25) is 0 Å². The van der Waals surface area contributed by atoms with Gasteiger partial charge in [0.25, 0.3) is 5.91 Å². The van der Waals surface area contributed by atoms with E-state index < -0.39 is 0 Å². The lowest BCUT2D eigenvalue weighted by Crippen LogP contribution is -2.23. The van der Waals surface area contributed by atoms with E-state index >= 15 is 0 Å². The molecule has 0 aromatic carbocycles. The van der Waals surface area contributed by atoms with Crippen LogP contribution in [0.3, 0.4) is 0 Å². The molecule has 2 heterocycles. The van der Waals surface area contributed by atoms with Crippen LogP contribution in [0.5, 0.6) is 0 Å². The first-order chi connectivity index (χ1) is 9.11. The largest absolute Gasteiger partial charge is 0.361 e. The molecule has 0 spiro atoms. The lowest BCUT2D eigenvalue weighted by atomic mass is 10.2. The Morgan fingerprint density at radius 3 is 2.85 bits per heavy atom. The number of nitrogens with one attached hydrogen (secondary N) is 1. The van der Waals surface area contributed by atoms with Crippen molar-refractivity contribution < 1.29 is 9.32 Å². The van der Waals surface area contributed by atoms with Crippen LogP contribution < -0.4 is 11.1 Å². The number of hydrogen-bond acceptors (Lipinski definition) is 6. The third-order valence-electron chi connectivity index (χ3n) is 2.75. The van der Waals surface area contributed by atoms with E-state index in [0.29, 0.717) is 25.2 Å². The van der Waals surface area contributed by atoms with Gasteiger partial charge in [0.2, 0.25) is 0 Å². The third-order valence-corrected chi connectivity index (χ3v) is 3.66. The maximum absolute atomic E-state index is 11.9. The summed E-state index contributed by atoms with van der Waals surface area (Å²) in [6.07, 6.45) is 0.696. The molecule has 0 bridgehead atoms. The first kappa shape index (κ1) is 16.6. The monoisotopic (exact) mass is 316 g/mol. The highest BCUT2D eigenvalue weighted by Gasteiger charge is 2.13. The van der Waals surface area contributed by atoms with Crippen LogP contribution in [0.15, 0.2) is 9.90 Å². The van der Waals surface area contributed by atoms with Gasteiger partial charge in [-0.2, -0.15) is 0 Å². The van der Waals surface area contributed by atoms with E-state index in [4.69, 9.17) is 10.3 Å². The number of nitrogens with zero attached hydrogens (tertiary/aromatic N) is 2. The average molecular weight is 317 g/mol. The number of nitrogens with two attached hydrogens (primary N) is 1. The van der Waals surface area contributed by atoms with E-state index in [1.165, 1.54) is 11.3 Å². The van der Waals surface area contributed by atoms with Crippen molar-refractivity contribution in [3.63, 3.8) is 0 Å². The first-order valence-corrected chi connectivity index (χ1v) is 6.84. The predicted octanol–water partition coefficient (Wildman–Crippen LogP) is 1.60. The second-order valence-corrected chi connectivity index (χ2v) is 5.09. The van der Waals surface area contributed by atoms with Gasteiger partial charge in [-0.25, -0.2) is 4.98 Å². The topological polar surface area (TPSA) is 94.0 Å². The molecule has 0 aliphatic rings. The highest BCUT2D eigenvalue weighted by Crippen LogP contribution is 2.13. The second-order valence-electron chi connectivity index (χ2n) is 4.15. The molecule has 0 radical (unpaired) electrons. The summed E-state index contributed by atoms with van der Waals surface area (Å²) in [5.41, 5.74) is 7.58. The zero-order valence-corrected chi connectivity index (χ0v) is 12.9. The Hall–Kier alpha value is -1.44. The van der Waals surface area contributed by atoms with E-state index in [9.17, 15) is 4.79 Å². The smallest absolute Gasteiger partial charge is 0.271 e. The van der Waals surface area contributed by atoms with Crippen LogP contribution in [0.1, 0.15) is 32.5 Å². The fourth-order valence-electron chi connectivity index (χ4n) is 1.67. The van der Waals surface area contributed by atoms with Crippen molar-refractivity contribution in [2.24, 2.45) is 5.73 Å². The Morgan fingerprint density at radius 2 is 2.25 bits per heavy atom. The number of rotatable bonds is 5. The number of aromatic nitrogens is 2. The molecule has 110 valence electrons. The molecule has 8 heteroatoms. The predicted molar refractivity (Wildman–Crippen MR) is 79.3 cm³/mol. The molecule has 0 saturated heterocycles. The molecule has 2 rings (SSSR count). The Balaban J connectivity index is 0.00000200. The average Bonchev–Trinajstić information content (AvgIpc) is 2.96. The summed E-state index contributed by atoms with van der Waals surface area (Å²) in [6.45, 7) is 4.60. The van der Waals surface area contributed by atoms with Gasteiger partial charge < -0.3 is 15.6 Å². The Labute approximate surface area is 127 Å². The van der Waals surface area contributed by atoms with Crippen molar-refractivity contribution in [1.29, 1.82) is 0 Å². The van der Waals surface area contributed by atoms with Crippen LogP contribution in [0, 0.1) is 13.8 Å². The number of halogens is 1. The molecule has 2 aromatic heterocycles. The van der Waals surface area contributed by atoms with Gasteiger partial charge in [0, 0.05) is 23.9 Å². The van der Waals surface area contributed by atoms with Crippen molar-refractivity contribution >= 4 is 29.7 Å². The summed E-state index contributed by atoms with van der Waals surface area (Å²) in [7, 11) is 0. The van der Waals surface area contributed by atoms with Gasteiger partial charge in [-0.1, -0.05) is 5.16 Å². The number of carbonyl (C=O) groups excluding carboxylic acids is 1. The highest BCUT2D eigenvalue weighted by atomic mass is 35.5. The van der Waals surface area contributed by atoms with Crippen molar-refractivity contribution in [2.45, 2.75) is 26.8 Å². The van der Waals surface area contributed by atoms with Crippen molar-refractivity contribution in [2.75, 3.05) is 6.54 Å². The summed E-state index contributed by atoms with van der Waals surface area (Å²) in [4.78, 5) is 16.2. The fourth-order valence-corrected chi connectivity index (χ4v) is 2.46. The van der Waals surface area contributed by atoms with Gasteiger partial charge in [0.05, 0.1) is 10.7 Å². The van der Waals surface area contributed by atoms with Crippen LogP contribution in [0.25, 0.3) is 0 Å². The van der Waals surface area contributed by atoms with E-state index in [-0.39, 0.29) is 18.3 Å². The van der Waals surface area contributed by atoms with Crippen molar-refractivity contribution in [3.05, 3.63) is 33.1 Å². The van der Waals surface area contributed by atoms with Crippen molar-refractivity contribution in [3.8, 4) is 0 Å². The molecule has 2 aromatic rings. The van der Waals surface area contributed by atoms with E-state index in [0.717, 1.165) is 22.0 Å². The van der Waals surface area contributed by atoms with Crippen LogP contribution in [-0.2, 0) is 13.0 Å². The molecule has 6 nitrogen and oxygen atoms in total. The molecule has 20 heavy (non-hydrogen) atoms. The summed E-state index contributed by atoms with van der Waals surface area (Å²) in [5, 5.41) is 9.28. The highest BCUT2D eigenvalue weighted by molar-refractivity contribution is 7.09. The zero-order valence-electron chi connectivity index (χ0n) is 11.3. The van der Waals surface area contributed by atoms with E-state index in [1.54, 1.807) is 5.38 Å². The lowest BCUT2D eigenvalue weighted by molar-refractivity contribution is 0.0946. The maximum Gasteiger partial charge on any atom is 0.271 e. The fraction of sp³-hybridized carbons (Fsp3) is 0.417. The third kappa shape index (κ3) is 3.78. The van der Waals surface area contributed by atoms with Crippen molar-refractivity contribution in [1.82, 2.24) is 15.5 Å². The number of amides is 1. The van der Waals surface area contributed by atoms with Gasteiger partial charge >= 0.3 is 0 Å². The Bertz CT molecular complexity index is 562.